The highest BCUT2D eigenvalue weighted by molar-refractivity contribution is 7.89. The Morgan fingerprint density at radius 1 is 0.970 bits per heavy atom. The van der Waals surface area contributed by atoms with E-state index in [1.54, 1.807) is 54.3 Å². The first-order chi connectivity index (χ1) is 15.7. The molecule has 0 bridgehead atoms. The molecule has 4 rings (SSSR count). The normalized spacial score (nSPS) is 19.0. The molecule has 1 aliphatic heterocycles. The van der Waals surface area contributed by atoms with Gasteiger partial charge in [0.1, 0.15) is 0 Å². The molecule has 0 saturated carbocycles. The standard InChI is InChI=1S/C25H27ClN4O2S/c1-18-8-7-11-22(16-18)33(31,32)30-24(20-12-14-21(26)15-13-20)23(19-9-5-4-6-10-19)17-29(30)25(27)28(2)3/h4-16,23-24,27H,17H2,1-3H3. The molecule has 1 aliphatic rings. The first-order valence-corrected chi connectivity index (χ1v) is 12.5. The van der Waals surface area contributed by atoms with Gasteiger partial charge in [-0.3, -0.25) is 10.4 Å². The lowest BCUT2D eigenvalue weighted by Crippen LogP contribution is -2.49. The molecule has 1 heterocycles. The van der Waals surface area contributed by atoms with Crippen LogP contribution in [0.1, 0.15) is 28.7 Å². The van der Waals surface area contributed by atoms with E-state index >= 15 is 0 Å². The van der Waals surface area contributed by atoms with Gasteiger partial charge in [-0.15, -0.1) is 0 Å². The van der Waals surface area contributed by atoms with Crippen molar-refractivity contribution in [3.63, 3.8) is 0 Å². The minimum atomic E-state index is -3.98. The van der Waals surface area contributed by atoms with Crippen LogP contribution in [0.3, 0.4) is 0 Å². The third-order valence-corrected chi connectivity index (χ3v) is 7.89. The summed E-state index contributed by atoms with van der Waals surface area (Å²) in [6, 6.07) is 23.5. The Morgan fingerprint density at radius 3 is 2.24 bits per heavy atom. The molecule has 0 aromatic heterocycles. The second-order valence-electron chi connectivity index (χ2n) is 8.41. The minimum Gasteiger partial charge on any atom is -0.348 e. The minimum absolute atomic E-state index is 0.101. The van der Waals surface area contributed by atoms with Gasteiger partial charge in [0.25, 0.3) is 10.0 Å². The molecular formula is C25H27ClN4O2S. The highest BCUT2D eigenvalue weighted by Crippen LogP contribution is 2.46. The number of halogens is 1. The summed E-state index contributed by atoms with van der Waals surface area (Å²) in [6.07, 6.45) is 0. The Balaban J connectivity index is 1.94. The number of sulfonamides is 1. The lowest BCUT2D eigenvalue weighted by atomic mass is 9.89. The van der Waals surface area contributed by atoms with Gasteiger partial charge in [0.2, 0.25) is 5.96 Å². The third-order valence-electron chi connectivity index (χ3n) is 5.87. The van der Waals surface area contributed by atoms with Crippen LogP contribution in [0.5, 0.6) is 0 Å². The second kappa shape index (κ2) is 9.17. The summed E-state index contributed by atoms with van der Waals surface area (Å²) in [5.41, 5.74) is 2.68. The number of benzene rings is 3. The van der Waals surface area contributed by atoms with E-state index in [2.05, 4.69) is 0 Å². The van der Waals surface area contributed by atoms with Crippen LogP contribution in [0.2, 0.25) is 5.02 Å². The summed E-state index contributed by atoms with van der Waals surface area (Å²) < 4.78 is 29.6. The van der Waals surface area contributed by atoms with Gasteiger partial charge in [0, 0.05) is 31.6 Å². The maximum absolute atomic E-state index is 14.1. The molecule has 0 amide bonds. The van der Waals surface area contributed by atoms with E-state index in [1.807, 2.05) is 55.5 Å². The zero-order valence-electron chi connectivity index (χ0n) is 18.8. The number of aryl methyl sites for hydroxylation is 1. The topological polar surface area (TPSA) is 67.7 Å². The Hall–Kier alpha value is -2.87. The summed E-state index contributed by atoms with van der Waals surface area (Å²) in [4.78, 5) is 1.82. The predicted octanol–water partition coefficient (Wildman–Crippen LogP) is 4.89. The molecule has 3 aromatic carbocycles. The summed E-state index contributed by atoms with van der Waals surface area (Å²) in [7, 11) is -0.493. The largest absolute Gasteiger partial charge is 0.348 e. The maximum atomic E-state index is 14.1. The van der Waals surface area contributed by atoms with Crippen LogP contribution in [-0.4, -0.2) is 49.3 Å². The predicted molar refractivity (Wildman–Crippen MR) is 132 cm³/mol. The number of nitrogens with zero attached hydrogens (tertiary/aromatic N) is 3. The molecule has 0 spiro atoms. The van der Waals surface area contributed by atoms with E-state index in [0.717, 1.165) is 16.7 Å². The fourth-order valence-corrected chi connectivity index (χ4v) is 6.15. The monoisotopic (exact) mass is 482 g/mol. The molecule has 8 heteroatoms. The average Bonchev–Trinajstić information content (AvgIpc) is 3.21. The van der Waals surface area contributed by atoms with E-state index in [4.69, 9.17) is 17.0 Å². The first kappa shape index (κ1) is 23.3. The zero-order valence-corrected chi connectivity index (χ0v) is 20.4. The van der Waals surface area contributed by atoms with Gasteiger partial charge in [-0.1, -0.05) is 70.6 Å². The number of hydrogen-bond donors (Lipinski definition) is 1. The molecule has 3 aromatic rings. The van der Waals surface area contributed by atoms with Crippen LogP contribution < -0.4 is 0 Å². The molecule has 2 atom stereocenters. The molecule has 6 nitrogen and oxygen atoms in total. The quantitative estimate of drug-likeness (QED) is 0.424. The molecular weight excluding hydrogens is 456 g/mol. The Labute approximate surface area is 200 Å². The summed E-state index contributed by atoms with van der Waals surface area (Å²) in [6.45, 7) is 2.21. The van der Waals surface area contributed by atoms with E-state index in [0.29, 0.717) is 11.6 Å². The van der Waals surface area contributed by atoms with Gasteiger partial charge in [-0.25, -0.2) is 8.42 Å². The van der Waals surface area contributed by atoms with E-state index in [-0.39, 0.29) is 16.8 Å². The summed E-state index contributed by atoms with van der Waals surface area (Å²) in [5.74, 6) is -0.0871. The number of rotatable bonds is 4. The van der Waals surface area contributed by atoms with Gasteiger partial charge < -0.3 is 4.90 Å². The van der Waals surface area contributed by atoms with Gasteiger partial charge >= 0.3 is 0 Å². The van der Waals surface area contributed by atoms with Crippen molar-refractivity contribution in [2.75, 3.05) is 20.6 Å². The highest BCUT2D eigenvalue weighted by atomic mass is 35.5. The van der Waals surface area contributed by atoms with Crippen molar-refractivity contribution >= 4 is 27.6 Å². The van der Waals surface area contributed by atoms with Crippen LogP contribution in [0.4, 0.5) is 0 Å². The van der Waals surface area contributed by atoms with Crippen molar-refractivity contribution < 1.29 is 8.42 Å². The average molecular weight is 483 g/mol. The van der Waals surface area contributed by atoms with Crippen molar-refractivity contribution in [2.24, 2.45) is 0 Å². The smallest absolute Gasteiger partial charge is 0.260 e. The molecule has 0 aliphatic carbocycles. The van der Waals surface area contributed by atoms with Crippen LogP contribution in [-0.2, 0) is 10.0 Å². The van der Waals surface area contributed by atoms with Crippen LogP contribution in [0.25, 0.3) is 0 Å². The van der Waals surface area contributed by atoms with E-state index in [9.17, 15) is 8.42 Å². The third kappa shape index (κ3) is 4.49. The van der Waals surface area contributed by atoms with Crippen molar-refractivity contribution in [3.05, 3.63) is 101 Å². The Morgan fingerprint density at radius 2 is 1.64 bits per heavy atom. The van der Waals surface area contributed by atoms with Gasteiger partial charge in [-0.2, -0.15) is 0 Å². The molecule has 0 radical (unpaired) electrons. The lowest BCUT2D eigenvalue weighted by Gasteiger charge is -2.35. The molecule has 2 unspecified atom stereocenters. The van der Waals surface area contributed by atoms with Gasteiger partial charge in [0.05, 0.1) is 10.9 Å². The Kier molecular flexibility index (Phi) is 6.47. The molecule has 1 N–H and O–H groups in total. The van der Waals surface area contributed by atoms with Crippen LogP contribution in [0, 0.1) is 12.3 Å². The first-order valence-electron chi connectivity index (χ1n) is 10.6. The fraction of sp³-hybridized carbons (Fsp3) is 0.240. The Bertz CT molecular complexity index is 1250. The number of guanidine groups is 1. The van der Waals surface area contributed by atoms with Crippen molar-refractivity contribution in [2.45, 2.75) is 23.8 Å². The van der Waals surface area contributed by atoms with E-state index in [1.165, 1.54) is 4.41 Å². The number of hydrogen-bond acceptors (Lipinski definition) is 3. The molecule has 33 heavy (non-hydrogen) atoms. The van der Waals surface area contributed by atoms with Crippen molar-refractivity contribution in [1.82, 2.24) is 14.3 Å². The highest BCUT2D eigenvalue weighted by Gasteiger charge is 2.49. The number of nitrogens with one attached hydrogen (secondary N) is 1. The van der Waals surface area contributed by atoms with E-state index < -0.39 is 16.1 Å². The van der Waals surface area contributed by atoms with Gasteiger partial charge in [0.15, 0.2) is 0 Å². The van der Waals surface area contributed by atoms with Crippen LogP contribution >= 0.6 is 11.6 Å². The van der Waals surface area contributed by atoms with Crippen molar-refractivity contribution in [3.8, 4) is 0 Å². The SMILES string of the molecule is Cc1cccc(S(=O)(=O)N2C(c3ccc(Cl)cc3)C(c3ccccc3)CN2C(=N)N(C)C)c1. The molecule has 172 valence electrons. The van der Waals surface area contributed by atoms with Gasteiger partial charge in [-0.05, 0) is 47.9 Å². The zero-order chi connectivity index (χ0) is 23.8. The number of hydrazine groups is 1. The lowest BCUT2D eigenvalue weighted by molar-refractivity contribution is 0.159. The fourth-order valence-electron chi connectivity index (χ4n) is 4.25. The second-order valence-corrected chi connectivity index (χ2v) is 10.6. The van der Waals surface area contributed by atoms with Crippen LogP contribution in [0.15, 0.2) is 83.8 Å². The molecule has 1 fully saturated rings. The maximum Gasteiger partial charge on any atom is 0.260 e. The summed E-state index contributed by atoms with van der Waals surface area (Å²) in [5, 5.41) is 10.9. The molecule has 1 saturated heterocycles. The summed E-state index contributed by atoms with van der Waals surface area (Å²) >= 11 is 6.15. The van der Waals surface area contributed by atoms with Crippen molar-refractivity contribution in [1.29, 1.82) is 5.41 Å².